The summed E-state index contributed by atoms with van der Waals surface area (Å²) in [7, 11) is 0. The van der Waals surface area contributed by atoms with Crippen LogP contribution >= 0.6 is 0 Å². The average Bonchev–Trinajstić information content (AvgIpc) is 2.77. The van der Waals surface area contributed by atoms with Crippen LogP contribution in [-0.4, -0.2) is 17.4 Å². The van der Waals surface area contributed by atoms with E-state index in [4.69, 9.17) is 4.74 Å². The van der Waals surface area contributed by atoms with Gasteiger partial charge >= 0.3 is 0 Å². The first-order chi connectivity index (χ1) is 14.2. The first-order valence-electron chi connectivity index (χ1n) is 11.2. The Balaban J connectivity index is 1.97. The standard InChI is InChI=1S/C26H37NO2/c1-4-7-14-24(6-3)26(28)27(19-8-5-2)20-22-15-17-25(18-16-22)29-21-23-12-10-9-11-13-23/h9-13,15-18,24H,4-8,14,19-21H2,1-3H3/t24-/m1/s1. The molecule has 0 radical (unpaired) electrons. The Kier molecular flexibility index (Phi) is 10.3. The van der Waals surface area contributed by atoms with E-state index < -0.39 is 0 Å². The Bertz CT molecular complexity index is 696. The van der Waals surface area contributed by atoms with Crippen molar-refractivity contribution in [2.24, 2.45) is 5.92 Å². The van der Waals surface area contributed by atoms with Crippen LogP contribution < -0.4 is 4.74 Å². The Labute approximate surface area is 177 Å². The molecule has 158 valence electrons. The van der Waals surface area contributed by atoms with E-state index in [0.29, 0.717) is 19.1 Å². The quantitative estimate of drug-likeness (QED) is 0.382. The molecule has 1 atom stereocenters. The first-order valence-corrected chi connectivity index (χ1v) is 11.2. The SMILES string of the molecule is CCCC[C@@H](CC)C(=O)N(CCCC)Cc1ccc(OCc2ccccc2)cc1. The summed E-state index contributed by atoms with van der Waals surface area (Å²) in [6.07, 6.45) is 6.34. The molecule has 0 fully saturated rings. The van der Waals surface area contributed by atoms with Gasteiger partial charge in [-0.2, -0.15) is 0 Å². The zero-order chi connectivity index (χ0) is 20.9. The van der Waals surface area contributed by atoms with Gasteiger partial charge in [-0.25, -0.2) is 0 Å². The molecule has 0 N–H and O–H groups in total. The number of hydrogen-bond donors (Lipinski definition) is 0. The van der Waals surface area contributed by atoms with Crippen LogP contribution in [0.4, 0.5) is 0 Å². The van der Waals surface area contributed by atoms with Gasteiger partial charge in [-0.1, -0.05) is 82.5 Å². The Morgan fingerprint density at radius 3 is 2.21 bits per heavy atom. The molecule has 0 spiro atoms. The largest absolute Gasteiger partial charge is 0.489 e. The lowest BCUT2D eigenvalue weighted by Gasteiger charge is -2.27. The summed E-state index contributed by atoms with van der Waals surface area (Å²) < 4.78 is 5.88. The van der Waals surface area contributed by atoms with E-state index >= 15 is 0 Å². The zero-order valence-corrected chi connectivity index (χ0v) is 18.4. The van der Waals surface area contributed by atoms with Gasteiger partial charge in [0.05, 0.1) is 0 Å². The van der Waals surface area contributed by atoms with Crippen molar-refractivity contribution in [1.29, 1.82) is 0 Å². The van der Waals surface area contributed by atoms with Crippen molar-refractivity contribution in [2.75, 3.05) is 6.54 Å². The van der Waals surface area contributed by atoms with Gasteiger partial charge in [0.1, 0.15) is 12.4 Å². The minimum Gasteiger partial charge on any atom is -0.489 e. The second-order valence-electron chi connectivity index (χ2n) is 7.78. The van der Waals surface area contributed by atoms with Gasteiger partial charge in [-0.15, -0.1) is 0 Å². The molecule has 0 aliphatic rings. The van der Waals surface area contributed by atoms with Crippen LogP contribution in [0.5, 0.6) is 5.75 Å². The van der Waals surface area contributed by atoms with Crippen LogP contribution in [-0.2, 0) is 17.9 Å². The molecule has 0 heterocycles. The Morgan fingerprint density at radius 2 is 1.59 bits per heavy atom. The summed E-state index contributed by atoms with van der Waals surface area (Å²) in [6.45, 7) is 8.58. The molecule has 0 aromatic heterocycles. The summed E-state index contributed by atoms with van der Waals surface area (Å²) in [4.78, 5) is 15.2. The van der Waals surface area contributed by atoms with Crippen LogP contribution in [0, 0.1) is 5.92 Å². The van der Waals surface area contributed by atoms with Gasteiger partial charge in [0.15, 0.2) is 0 Å². The van der Waals surface area contributed by atoms with Crippen molar-refractivity contribution in [3.8, 4) is 5.75 Å². The van der Waals surface area contributed by atoms with Gasteiger partial charge in [-0.05, 0) is 42.5 Å². The maximum absolute atomic E-state index is 13.1. The molecule has 0 saturated carbocycles. The van der Waals surface area contributed by atoms with Crippen LogP contribution in [0.1, 0.15) is 70.4 Å². The number of rotatable bonds is 13. The predicted molar refractivity (Wildman–Crippen MR) is 121 cm³/mol. The maximum atomic E-state index is 13.1. The molecule has 0 saturated heterocycles. The highest BCUT2D eigenvalue weighted by Crippen LogP contribution is 2.20. The highest BCUT2D eigenvalue weighted by molar-refractivity contribution is 5.78. The number of nitrogens with zero attached hydrogens (tertiary/aromatic N) is 1. The lowest BCUT2D eigenvalue weighted by atomic mass is 9.97. The molecule has 1 amide bonds. The van der Waals surface area contributed by atoms with Crippen molar-refractivity contribution >= 4 is 5.91 Å². The van der Waals surface area contributed by atoms with E-state index in [2.05, 4.69) is 49.9 Å². The fourth-order valence-corrected chi connectivity index (χ4v) is 3.48. The van der Waals surface area contributed by atoms with Crippen LogP contribution in [0.15, 0.2) is 54.6 Å². The van der Waals surface area contributed by atoms with Crippen molar-refractivity contribution in [3.05, 3.63) is 65.7 Å². The highest BCUT2D eigenvalue weighted by atomic mass is 16.5. The van der Waals surface area contributed by atoms with E-state index in [1.165, 1.54) is 0 Å². The lowest BCUT2D eigenvalue weighted by Crippen LogP contribution is -2.36. The molecule has 0 aliphatic carbocycles. The fraction of sp³-hybridized carbons (Fsp3) is 0.500. The van der Waals surface area contributed by atoms with E-state index in [1.54, 1.807) is 0 Å². The third-order valence-corrected chi connectivity index (χ3v) is 5.39. The van der Waals surface area contributed by atoms with Crippen molar-refractivity contribution in [2.45, 2.75) is 72.4 Å². The topological polar surface area (TPSA) is 29.5 Å². The molecule has 3 heteroatoms. The van der Waals surface area contributed by atoms with E-state index in [1.807, 2.05) is 30.3 Å². The smallest absolute Gasteiger partial charge is 0.225 e. The first kappa shape index (κ1) is 23.0. The third kappa shape index (κ3) is 7.92. The van der Waals surface area contributed by atoms with Gasteiger partial charge in [-0.3, -0.25) is 4.79 Å². The number of benzene rings is 2. The van der Waals surface area contributed by atoms with Gasteiger partial charge in [0.25, 0.3) is 0 Å². The molecule has 2 rings (SSSR count). The number of hydrogen-bond acceptors (Lipinski definition) is 2. The molecular weight excluding hydrogens is 358 g/mol. The van der Waals surface area contributed by atoms with E-state index in [0.717, 1.165) is 61.9 Å². The molecule has 2 aromatic rings. The molecule has 0 aliphatic heterocycles. The van der Waals surface area contributed by atoms with Crippen LogP contribution in [0.25, 0.3) is 0 Å². The highest BCUT2D eigenvalue weighted by Gasteiger charge is 2.22. The van der Waals surface area contributed by atoms with Crippen LogP contribution in [0.2, 0.25) is 0 Å². The lowest BCUT2D eigenvalue weighted by molar-refractivity contribution is -0.136. The summed E-state index contributed by atoms with van der Waals surface area (Å²) >= 11 is 0. The third-order valence-electron chi connectivity index (χ3n) is 5.39. The predicted octanol–water partition coefficient (Wildman–Crippen LogP) is 6.61. The minimum absolute atomic E-state index is 0.153. The van der Waals surface area contributed by atoms with Gasteiger partial charge in [0, 0.05) is 19.0 Å². The number of carbonyl (C=O) groups excluding carboxylic acids is 1. The zero-order valence-electron chi connectivity index (χ0n) is 18.4. The fourth-order valence-electron chi connectivity index (χ4n) is 3.48. The molecule has 0 bridgehead atoms. The van der Waals surface area contributed by atoms with Crippen molar-refractivity contribution in [1.82, 2.24) is 4.90 Å². The van der Waals surface area contributed by atoms with Crippen molar-refractivity contribution in [3.63, 3.8) is 0 Å². The normalized spacial score (nSPS) is 11.8. The van der Waals surface area contributed by atoms with Gasteiger partial charge in [0.2, 0.25) is 5.91 Å². The molecule has 3 nitrogen and oxygen atoms in total. The molecule has 2 aromatic carbocycles. The van der Waals surface area contributed by atoms with Crippen molar-refractivity contribution < 1.29 is 9.53 Å². The summed E-state index contributed by atoms with van der Waals surface area (Å²) in [5, 5.41) is 0. The number of ether oxygens (including phenoxy) is 1. The van der Waals surface area contributed by atoms with E-state index in [9.17, 15) is 4.79 Å². The van der Waals surface area contributed by atoms with Crippen LogP contribution in [0.3, 0.4) is 0 Å². The number of carbonyl (C=O) groups is 1. The summed E-state index contributed by atoms with van der Waals surface area (Å²) in [5.74, 6) is 1.33. The number of amides is 1. The monoisotopic (exact) mass is 395 g/mol. The second-order valence-corrected chi connectivity index (χ2v) is 7.78. The Hall–Kier alpha value is -2.29. The minimum atomic E-state index is 0.153. The van der Waals surface area contributed by atoms with E-state index in [-0.39, 0.29) is 5.92 Å². The molecular formula is C26H37NO2. The van der Waals surface area contributed by atoms with Gasteiger partial charge < -0.3 is 9.64 Å². The average molecular weight is 396 g/mol. The summed E-state index contributed by atoms with van der Waals surface area (Å²) in [5.41, 5.74) is 2.32. The maximum Gasteiger partial charge on any atom is 0.225 e. The molecule has 0 unspecified atom stereocenters. The number of unbranched alkanes of at least 4 members (excludes halogenated alkanes) is 2. The summed E-state index contributed by atoms with van der Waals surface area (Å²) in [6, 6.07) is 18.4. The second kappa shape index (κ2) is 13.0. The Morgan fingerprint density at radius 1 is 0.897 bits per heavy atom. The molecule has 29 heavy (non-hydrogen) atoms.